The molecule has 0 aliphatic rings. The maximum atomic E-state index is 11.0. The van der Waals surface area contributed by atoms with Gasteiger partial charge in [0.1, 0.15) is 16.5 Å². The van der Waals surface area contributed by atoms with Gasteiger partial charge in [-0.05, 0) is 26.2 Å². The minimum atomic E-state index is -1.04. The number of hydrogen-bond donors (Lipinski definition) is 2. The fourth-order valence-corrected chi connectivity index (χ4v) is 1.48. The number of hydrogen-bond acceptors (Lipinski definition) is 5. The fraction of sp³-hybridized carbons (Fsp3) is 0.500. The zero-order valence-corrected chi connectivity index (χ0v) is 11.8. The summed E-state index contributed by atoms with van der Waals surface area (Å²) in [7, 11) is 3.94. The Morgan fingerprint density at radius 2 is 2.21 bits per heavy atom. The van der Waals surface area contributed by atoms with Gasteiger partial charge in [0.25, 0.3) is 0 Å². The Balaban J connectivity index is 2.40. The van der Waals surface area contributed by atoms with Crippen molar-refractivity contribution in [2.75, 3.05) is 45.7 Å². The van der Waals surface area contributed by atoms with E-state index in [0.29, 0.717) is 19.8 Å². The van der Waals surface area contributed by atoms with E-state index in [-0.39, 0.29) is 16.5 Å². The number of ether oxygens (including phenoxy) is 1. The van der Waals surface area contributed by atoms with Gasteiger partial charge in [-0.15, -0.1) is 0 Å². The van der Waals surface area contributed by atoms with E-state index < -0.39 is 5.97 Å². The average Bonchev–Trinajstić information content (AvgIpc) is 2.33. The van der Waals surface area contributed by atoms with Crippen LogP contribution in [0.2, 0.25) is 5.15 Å². The van der Waals surface area contributed by atoms with Crippen LogP contribution >= 0.6 is 11.6 Å². The Hall–Kier alpha value is -1.37. The summed E-state index contributed by atoms with van der Waals surface area (Å²) < 4.78 is 5.38. The smallest absolute Gasteiger partial charge is 0.339 e. The number of carbonyl (C=O) groups is 1. The number of rotatable bonds is 8. The van der Waals surface area contributed by atoms with E-state index in [9.17, 15) is 4.79 Å². The minimum absolute atomic E-state index is 0.0951. The van der Waals surface area contributed by atoms with E-state index >= 15 is 0 Å². The number of aromatic carboxylic acids is 1. The SMILES string of the molecule is CN(C)CCOCCNc1nc(Cl)ccc1C(=O)O. The summed E-state index contributed by atoms with van der Waals surface area (Å²) in [5.74, 6) is -0.781. The highest BCUT2D eigenvalue weighted by atomic mass is 35.5. The largest absolute Gasteiger partial charge is 0.478 e. The number of anilines is 1. The summed E-state index contributed by atoms with van der Waals surface area (Å²) >= 11 is 5.74. The van der Waals surface area contributed by atoms with Gasteiger partial charge in [0.05, 0.1) is 13.2 Å². The maximum Gasteiger partial charge on any atom is 0.339 e. The number of aromatic nitrogens is 1. The molecule has 106 valence electrons. The molecule has 0 aliphatic carbocycles. The summed E-state index contributed by atoms with van der Waals surface area (Å²) in [6.07, 6.45) is 0. The molecule has 1 aromatic heterocycles. The highest BCUT2D eigenvalue weighted by Gasteiger charge is 2.11. The van der Waals surface area contributed by atoms with Crippen molar-refractivity contribution in [3.63, 3.8) is 0 Å². The summed E-state index contributed by atoms with van der Waals surface area (Å²) in [6.45, 7) is 2.42. The van der Waals surface area contributed by atoms with E-state index in [1.54, 1.807) is 0 Å². The number of carboxylic acids is 1. The molecule has 0 aliphatic heterocycles. The van der Waals surface area contributed by atoms with Crippen molar-refractivity contribution >= 4 is 23.4 Å². The van der Waals surface area contributed by atoms with Crippen molar-refractivity contribution in [3.05, 3.63) is 22.8 Å². The van der Waals surface area contributed by atoms with E-state index in [0.717, 1.165) is 6.54 Å². The lowest BCUT2D eigenvalue weighted by molar-refractivity contribution is 0.0697. The molecular weight excluding hydrogens is 270 g/mol. The Kier molecular flexibility index (Phi) is 6.55. The van der Waals surface area contributed by atoms with E-state index in [4.69, 9.17) is 21.4 Å². The van der Waals surface area contributed by atoms with Crippen LogP contribution in [0.25, 0.3) is 0 Å². The molecule has 0 unspecified atom stereocenters. The Morgan fingerprint density at radius 1 is 1.47 bits per heavy atom. The Morgan fingerprint density at radius 3 is 2.84 bits per heavy atom. The number of halogens is 1. The third-order valence-electron chi connectivity index (χ3n) is 2.31. The number of pyridine rings is 1. The first-order valence-corrected chi connectivity index (χ1v) is 6.24. The van der Waals surface area contributed by atoms with Crippen molar-refractivity contribution in [2.45, 2.75) is 0 Å². The van der Waals surface area contributed by atoms with Gasteiger partial charge in [-0.3, -0.25) is 0 Å². The second kappa shape index (κ2) is 7.93. The highest BCUT2D eigenvalue weighted by Crippen LogP contribution is 2.16. The lowest BCUT2D eigenvalue weighted by Gasteiger charge is -2.11. The number of nitrogens with zero attached hydrogens (tertiary/aromatic N) is 2. The first-order valence-electron chi connectivity index (χ1n) is 5.87. The molecule has 0 saturated carbocycles. The minimum Gasteiger partial charge on any atom is -0.478 e. The van der Waals surface area contributed by atoms with Gasteiger partial charge in [-0.25, -0.2) is 9.78 Å². The van der Waals surface area contributed by atoms with Crippen molar-refractivity contribution in [1.29, 1.82) is 0 Å². The molecule has 2 N–H and O–H groups in total. The lowest BCUT2D eigenvalue weighted by atomic mass is 10.2. The average molecular weight is 288 g/mol. The number of likely N-dealkylation sites (N-methyl/N-ethyl adjacent to an activating group) is 1. The van der Waals surface area contributed by atoms with Gasteiger partial charge in [0, 0.05) is 13.1 Å². The molecule has 0 bridgehead atoms. The molecule has 1 aromatic rings. The quantitative estimate of drug-likeness (QED) is 0.556. The maximum absolute atomic E-state index is 11.0. The molecule has 0 amide bonds. The molecule has 0 saturated heterocycles. The van der Waals surface area contributed by atoms with Crippen molar-refractivity contribution in [2.24, 2.45) is 0 Å². The summed E-state index contributed by atoms with van der Waals surface area (Å²) in [5, 5.41) is 12.2. The first kappa shape index (κ1) is 15.7. The molecule has 19 heavy (non-hydrogen) atoms. The second-order valence-electron chi connectivity index (χ2n) is 4.18. The first-order chi connectivity index (χ1) is 9.00. The molecule has 0 spiro atoms. The van der Waals surface area contributed by atoms with Crippen LogP contribution in [-0.2, 0) is 4.74 Å². The monoisotopic (exact) mass is 287 g/mol. The van der Waals surface area contributed by atoms with Crippen LogP contribution < -0.4 is 5.32 Å². The van der Waals surface area contributed by atoms with Gasteiger partial charge >= 0.3 is 5.97 Å². The molecule has 0 radical (unpaired) electrons. The van der Waals surface area contributed by atoms with Crippen molar-refractivity contribution in [1.82, 2.24) is 9.88 Å². The third kappa shape index (κ3) is 5.87. The summed E-state index contributed by atoms with van der Waals surface area (Å²) in [4.78, 5) is 17.0. The predicted molar refractivity (Wildman–Crippen MR) is 74.1 cm³/mol. The predicted octanol–water partition coefficient (Wildman–Crippen LogP) is 1.42. The Labute approximate surface area is 117 Å². The van der Waals surface area contributed by atoms with Crippen molar-refractivity contribution < 1.29 is 14.6 Å². The van der Waals surface area contributed by atoms with Gasteiger partial charge in [-0.1, -0.05) is 11.6 Å². The molecule has 0 atom stereocenters. The second-order valence-corrected chi connectivity index (χ2v) is 4.56. The van der Waals surface area contributed by atoms with Crippen LogP contribution in [0.4, 0.5) is 5.82 Å². The van der Waals surface area contributed by atoms with Gasteiger partial charge < -0.3 is 20.1 Å². The molecule has 1 rings (SSSR count). The van der Waals surface area contributed by atoms with Crippen LogP contribution in [0, 0.1) is 0 Å². The van der Waals surface area contributed by atoms with Crippen LogP contribution in [0.3, 0.4) is 0 Å². The molecule has 0 aromatic carbocycles. The zero-order chi connectivity index (χ0) is 14.3. The van der Waals surface area contributed by atoms with E-state index in [2.05, 4.69) is 10.3 Å². The molecule has 1 heterocycles. The lowest BCUT2D eigenvalue weighted by Crippen LogP contribution is -2.20. The number of nitrogens with one attached hydrogen (secondary N) is 1. The molecular formula is C12H18ClN3O3. The summed E-state index contributed by atoms with van der Waals surface area (Å²) in [5.41, 5.74) is 0.0951. The van der Waals surface area contributed by atoms with Gasteiger partial charge in [-0.2, -0.15) is 0 Å². The van der Waals surface area contributed by atoms with Crippen LogP contribution in [0.5, 0.6) is 0 Å². The third-order valence-corrected chi connectivity index (χ3v) is 2.52. The van der Waals surface area contributed by atoms with Crippen molar-refractivity contribution in [3.8, 4) is 0 Å². The van der Waals surface area contributed by atoms with E-state index in [1.165, 1.54) is 12.1 Å². The van der Waals surface area contributed by atoms with Crippen LogP contribution in [-0.4, -0.2) is 61.4 Å². The standard InChI is InChI=1S/C12H18ClN3O3/c1-16(2)6-8-19-7-5-14-11-9(12(17)18)3-4-10(13)15-11/h3-4H,5-8H2,1-2H3,(H,14,15)(H,17,18). The highest BCUT2D eigenvalue weighted by molar-refractivity contribution is 6.29. The fourth-order valence-electron chi connectivity index (χ4n) is 1.33. The van der Waals surface area contributed by atoms with Crippen LogP contribution in [0.1, 0.15) is 10.4 Å². The number of carboxylic acid groups (broad SMARTS) is 1. The summed E-state index contributed by atoms with van der Waals surface area (Å²) in [6, 6.07) is 2.87. The molecule has 7 heteroatoms. The Bertz CT molecular complexity index is 427. The zero-order valence-electron chi connectivity index (χ0n) is 11.0. The molecule has 6 nitrogen and oxygen atoms in total. The topological polar surface area (TPSA) is 74.7 Å². The van der Waals surface area contributed by atoms with Crippen LogP contribution in [0.15, 0.2) is 12.1 Å². The van der Waals surface area contributed by atoms with E-state index in [1.807, 2.05) is 19.0 Å². The van der Waals surface area contributed by atoms with Gasteiger partial charge in [0.15, 0.2) is 0 Å². The normalized spacial score (nSPS) is 10.7. The van der Waals surface area contributed by atoms with Gasteiger partial charge in [0.2, 0.25) is 0 Å². The molecule has 0 fully saturated rings.